The van der Waals surface area contributed by atoms with Crippen molar-refractivity contribution in [3.8, 4) is 5.75 Å². The van der Waals surface area contributed by atoms with E-state index in [1.54, 1.807) is 19.9 Å². The Labute approximate surface area is 95.0 Å². The minimum Gasteiger partial charge on any atom is -0.497 e. The van der Waals surface area contributed by atoms with E-state index >= 15 is 0 Å². The van der Waals surface area contributed by atoms with Crippen LogP contribution in [0, 0.1) is 11.2 Å². The van der Waals surface area contributed by atoms with Gasteiger partial charge in [0.15, 0.2) is 0 Å². The van der Waals surface area contributed by atoms with Crippen LogP contribution in [0.4, 0.5) is 4.39 Å². The number of rotatable bonds is 4. The van der Waals surface area contributed by atoms with E-state index in [0.717, 1.165) is 0 Å². The number of hydrogen-bond donors (Lipinski definition) is 2. The van der Waals surface area contributed by atoms with Gasteiger partial charge < -0.3 is 15.6 Å². The van der Waals surface area contributed by atoms with Crippen LogP contribution in [-0.2, 0) is 0 Å². The van der Waals surface area contributed by atoms with Crippen LogP contribution in [0.1, 0.15) is 25.5 Å². The Morgan fingerprint density at radius 2 is 2.12 bits per heavy atom. The van der Waals surface area contributed by atoms with Gasteiger partial charge >= 0.3 is 0 Å². The molecule has 3 nitrogen and oxygen atoms in total. The lowest BCUT2D eigenvalue weighted by molar-refractivity contribution is 0.130. The summed E-state index contributed by atoms with van der Waals surface area (Å²) >= 11 is 0. The third kappa shape index (κ3) is 2.51. The summed E-state index contributed by atoms with van der Waals surface area (Å²) in [7, 11) is 1.51. The molecule has 0 heterocycles. The van der Waals surface area contributed by atoms with Crippen LogP contribution in [0.2, 0.25) is 0 Å². The Morgan fingerprint density at radius 3 is 2.62 bits per heavy atom. The molecule has 0 aliphatic heterocycles. The van der Waals surface area contributed by atoms with E-state index in [2.05, 4.69) is 0 Å². The van der Waals surface area contributed by atoms with E-state index in [1.165, 1.54) is 19.2 Å². The fourth-order valence-corrected chi connectivity index (χ4v) is 1.41. The van der Waals surface area contributed by atoms with Crippen LogP contribution in [0.3, 0.4) is 0 Å². The van der Waals surface area contributed by atoms with Gasteiger partial charge in [0.2, 0.25) is 0 Å². The third-order valence-electron chi connectivity index (χ3n) is 2.79. The van der Waals surface area contributed by atoms with Gasteiger partial charge in [-0.1, -0.05) is 13.8 Å². The average molecular weight is 227 g/mol. The molecule has 90 valence electrons. The molecule has 0 bridgehead atoms. The van der Waals surface area contributed by atoms with Crippen LogP contribution in [0.15, 0.2) is 18.2 Å². The summed E-state index contributed by atoms with van der Waals surface area (Å²) < 4.78 is 18.6. The summed E-state index contributed by atoms with van der Waals surface area (Å²) in [6.45, 7) is 3.47. The van der Waals surface area contributed by atoms with Gasteiger partial charge in [0.1, 0.15) is 11.6 Å². The first kappa shape index (κ1) is 12.9. The zero-order chi connectivity index (χ0) is 12.3. The van der Waals surface area contributed by atoms with Gasteiger partial charge in [-0.15, -0.1) is 0 Å². The lowest BCUT2D eigenvalue weighted by Gasteiger charge is -2.30. The molecule has 0 radical (unpaired) electrons. The zero-order valence-corrected chi connectivity index (χ0v) is 9.83. The van der Waals surface area contributed by atoms with Crippen molar-refractivity contribution in [2.24, 2.45) is 11.1 Å². The van der Waals surface area contributed by atoms with Crippen molar-refractivity contribution in [1.29, 1.82) is 0 Å². The van der Waals surface area contributed by atoms with Crippen molar-refractivity contribution < 1.29 is 14.2 Å². The standard InChI is InChI=1S/C12H18FNO2/c1-12(2,7-15)11(14)9-6-8(16-3)4-5-10(9)13/h4-6,11,15H,7,14H2,1-3H3/t11-/m1/s1. The van der Waals surface area contributed by atoms with Gasteiger partial charge in [-0.05, 0) is 18.2 Å². The summed E-state index contributed by atoms with van der Waals surface area (Å²) in [5, 5.41) is 9.21. The Kier molecular flexibility index (Phi) is 3.88. The molecule has 1 aromatic carbocycles. The normalized spacial score (nSPS) is 13.6. The minimum absolute atomic E-state index is 0.106. The Hall–Kier alpha value is -1.13. The average Bonchev–Trinajstić information content (AvgIpc) is 2.29. The van der Waals surface area contributed by atoms with E-state index in [1.807, 2.05) is 0 Å². The molecule has 0 spiro atoms. The smallest absolute Gasteiger partial charge is 0.128 e. The maximum Gasteiger partial charge on any atom is 0.128 e. The molecule has 0 saturated carbocycles. The molecular formula is C12H18FNO2. The molecule has 1 aromatic rings. The van der Waals surface area contributed by atoms with Crippen molar-refractivity contribution in [1.82, 2.24) is 0 Å². The predicted molar refractivity (Wildman–Crippen MR) is 60.7 cm³/mol. The number of hydrogen-bond acceptors (Lipinski definition) is 3. The number of nitrogens with two attached hydrogens (primary N) is 1. The Balaban J connectivity index is 3.11. The maximum atomic E-state index is 13.6. The number of aliphatic hydroxyl groups is 1. The van der Waals surface area contributed by atoms with Crippen molar-refractivity contribution >= 4 is 0 Å². The molecule has 4 heteroatoms. The number of halogens is 1. The molecule has 3 N–H and O–H groups in total. The lowest BCUT2D eigenvalue weighted by Crippen LogP contribution is -2.33. The first-order chi connectivity index (χ1) is 7.42. The van der Waals surface area contributed by atoms with Crippen LogP contribution >= 0.6 is 0 Å². The first-order valence-electron chi connectivity index (χ1n) is 5.12. The molecule has 0 fully saturated rings. The second-order valence-electron chi connectivity index (χ2n) is 4.51. The largest absolute Gasteiger partial charge is 0.497 e. The fourth-order valence-electron chi connectivity index (χ4n) is 1.41. The van der Waals surface area contributed by atoms with Gasteiger partial charge in [-0.3, -0.25) is 0 Å². The highest BCUT2D eigenvalue weighted by Gasteiger charge is 2.29. The van der Waals surface area contributed by atoms with Gasteiger partial charge in [0.05, 0.1) is 7.11 Å². The van der Waals surface area contributed by atoms with Crippen LogP contribution in [-0.4, -0.2) is 18.8 Å². The van der Waals surface area contributed by atoms with Crippen molar-refractivity contribution in [3.05, 3.63) is 29.6 Å². The quantitative estimate of drug-likeness (QED) is 0.825. The van der Waals surface area contributed by atoms with Gasteiger partial charge in [-0.2, -0.15) is 0 Å². The highest BCUT2D eigenvalue weighted by molar-refractivity contribution is 5.32. The highest BCUT2D eigenvalue weighted by atomic mass is 19.1. The molecule has 0 aliphatic rings. The molecule has 0 aromatic heterocycles. The van der Waals surface area contributed by atoms with E-state index in [4.69, 9.17) is 10.5 Å². The minimum atomic E-state index is -0.576. The van der Waals surface area contributed by atoms with Crippen LogP contribution in [0.5, 0.6) is 5.75 Å². The number of benzene rings is 1. The molecule has 0 unspecified atom stereocenters. The van der Waals surface area contributed by atoms with Crippen molar-refractivity contribution in [3.63, 3.8) is 0 Å². The number of ether oxygens (including phenoxy) is 1. The van der Waals surface area contributed by atoms with Gasteiger partial charge in [-0.25, -0.2) is 4.39 Å². The summed E-state index contributed by atoms with van der Waals surface area (Å²) in [6, 6.07) is 3.85. The van der Waals surface area contributed by atoms with E-state index in [9.17, 15) is 9.50 Å². The number of methoxy groups -OCH3 is 1. The monoisotopic (exact) mass is 227 g/mol. The topological polar surface area (TPSA) is 55.5 Å². The fraction of sp³-hybridized carbons (Fsp3) is 0.500. The Morgan fingerprint density at radius 1 is 1.50 bits per heavy atom. The molecule has 0 aliphatic carbocycles. The van der Waals surface area contributed by atoms with E-state index < -0.39 is 11.5 Å². The third-order valence-corrected chi connectivity index (χ3v) is 2.79. The maximum absolute atomic E-state index is 13.6. The molecular weight excluding hydrogens is 209 g/mol. The molecule has 1 rings (SSSR count). The van der Waals surface area contributed by atoms with Gasteiger partial charge in [0, 0.05) is 23.6 Å². The second kappa shape index (κ2) is 4.80. The zero-order valence-electron chi connectivity index (χ0n) is 9.83. The summed E-state index contributed by atoms with van der Waals surface area (Å²) in [5.41, 5.74) is 5.74. The van der Waals surface area contributed by atoms with Crippen molar-refractivity contribution in [2.75, 3.05) is 13.7 Å². The summed E-state index contributed by atoms with van der Waals surface area (Å²) in [4.78, 5) is 0. The molecule has 0 saturated heterocycles. The first-order valence-corrected chi connectivity index (χ1v) is 5.12. The predicted octanol–water partition coefficient (Wildman–Crippen LogP) is 1.85. The summed E-state index contributed by atoms with van der Waals surface area (Å²) in [5.74, 6) is 0.176. The number of aliphatic hydroxyl groups excluding tert-OH is 1. The Bertz CT molecular complexity index is 366. The molecule has 16 heavy (non-hydrogen) atoms. The van der Waals surface area contributed by atoms with E-state index in [-0.39, 0.29) is 12.4 Å². The molecule has 0 amide bonds. The van der Waals surface area contributed by atoms with Crippen LogP contribution < -0.4 is 10.5 Å². The van der Waals surface area contributed by atoms with Crippen LogP contribution in [0.25, 0.3) is 0 Å². The van der Waals surface area contributed by atoms with Crippen molar-refractivity contribution in [2.45, 2.75) is 19.9 Å². The SMILES string of the molecule is COc1ccc(F)c([C@@H](N)C(C)(C)CO)c1. The lowest BCUT2D eigenvalue weighted by atomic mass is 9.81. The van der Waals surface area contributed by atoms with E-state index in [0.29, 0.717) is 11.3 Å². The highest BCUT2D eigenvalue weighted by Crippen LogP contribution is 2.33. The summed E-state index contributed by atoms with van der Waals surface area (Å²) in [6.07, 6.45) is 0. The van der Waals surface area contributed by atoms with Gasteiger partial charge in [0.25, 0.3) is 0 Å². The second-order valence-corrected chi connectivity index (χ2v) is 4.51. The molecule has 1 atom stereocenters.